The van der Waals surface area contributed by atoms with Crippen molar-refractivity contribution in [3.63, 3.8) is 0 Å². The molecular formula is C17H19FN2O. The van der Waals surface area contributed by atoms with Crippen LogP contribution in [-0.4, -0.2) is 13.2 Å². The van der Waals surface area contributed by atoms with Crippen molar-refractivity contribution in [2.24, 2.45) is 5.73 Å². The predicted molar refractivity (Wildman–Crippen MR) is 82.6 cm³/mol. The molecule has 0 saturated heterocycles. The number of hydrogen-bond donors (Lipinski definition) is 1. The zero-order valence-corrected chi connectivity index (χ0v) is 12.1. The molecule has 2 aromatic rings. The van der Waals surface area contributed by atoms with Gasteiger partial charge in [-0.2, -0.15) is 0 Å². The van der Waals surface area contributed by atoms with E-state index in [-0.39, 0.29) is 11.9 Å². The van der Waals surface area contributed by atoms with E-state index in [0.29, 0.717) is 6.61 Å². The van der Waals surface area contributed by atoms with Crippen LogP contribution in [0.4, 0.5) is 15.8 Å². The molecule has 0 aromatic heterocycles. The Hall–Kier alpha value is -2.07. The fourth-order valence-electron chi connectivity index (χ4n) is 2.71. The number of benzene rings is 2. The van der Waals surface area contributed by atoms with E-state index in [4.69, 9.17) is 10.5 Å². The Morgan fingerprint density at radius 2 is 2.00 bits per heavy atom. The largest absolute Gasteiger partial charge is 0.491 e. The second-order valence-corrected chi connectivity index (χ2v) is 5.31. The van der Waals surface area contributed by atoms with Crippen LogP contribution >= 0.6 is 0 Å². The smallest absolute Gasteiger partial charge is 0.142 e. The Labute approximate surface area is 124 Å². The van der Waals surface area contributed by atoms with Gasteiger partial charge in [-0.25, -0.2) is 4.39 Å². The standard InChI is InChI=1S/C17H19FN2O/c1-12(19)14-11-13(18)7-8-15(14)20-9-4-10-21-17-6-3-2-5-16(17)20/h2-3,5-8,11-12H,4,9-10,19H2,1H3/t12-/m1/s1. The number of anilines is 2. The van der Waals surface area contributed by atoms with Gasteiger partial charge in [0.25, 0.3) is 0 Å². The maximum atomic E-state index is 13.6. The van der Waals surface area contributed by atoms with E-state index in [9.17, 15) is 4.39 Å². The van der Waals surface area contributed by atoms with Crippen LogP contribution < -0.4 is 15.4 Å². The highest BCUT2D eigenvalue weighted by molar-refractivity contribution is 5.72. The molecule has 110 valence electrons. The summed E-state index contributed by atoms with van der Waals surface area (Å²) in [5, 5.41) is 0. The number of nitrogens with two attached hydrogens (primary N) is 1. The molecule has 2 N–H and O–H groups in total. The zero-order chi connectivity index (χ0) is 14.8. The fraction of sp³-hybridized carbons (Fsp3) is 0.294. The van der Waals surface area contributed by atoms with E-state index in [1.165, 1.54) is 12.1 Å². The number of ether oxygens (including phenoxy) is 1. The van der Waals surface area contributed by atoms with Crippen LogP contribution in [0.2, 0.25) is 0 Å². The highest BCUT2D eigenvalue weighted by atomic mass is 19.1. The lowest BCUT2D eigenvalue weighted by Gasteiger charge is -2.27. The van der Waals surface area contributed by atoms with E-state index in [1.807, 2.05) is 31.2 Å². The van der Waals surface area contributed by atoms with E-state index >= 15 is 0 Å². The van der Waals surface area contributed by atoms with Gasteiger partial charge in [0.15, 0.2) is 0 Å². The van der Waals surface area contributed by atoms with E-state index in [0.717, 1.165) is 35.7 Å². The molecule has 1 heterocycles. The molecule has 2 aromatic carbocycles. The molecule has 21 heavy (non-hydrogen) atoms. The van der Waals surface area contributed by atoms with Crippen LogP contribution in [0.25, 0.3) is 0 Å². The van der Waals surface area contributed by atoms with Gasteiger partial charge in [-0.05, 0) is 49.2 Å². The van der Waals surface area contributed by atoms with Crippen molar-refractivity contribution in [2.75, 3.05) is 18.1 Å². The quantitative estimate of drug-likeness (QED) is 0.913. The lowest BCUT2D eigenvalue weighted by molar-refractivity contribution is 0.322. The Morgan fingerprint density at radius 3 is 2.81 bits per heavy atom. The number of hydrogen-bond acceptors (Lipinski definition) is 3. The van der Waals surface area contributed by atoms with Crippen LogP contribution in [0.5, 0.6) is 5.75 Å². The van der Waals surface area contributed by atoms with Crippen molar-refractivity contribution in [1.29, 1.82) is 0 Å². The first-order valence-corrected chi connectivity index (χ1v) is 7.21. The van der Waals surface area contributed by atoms with E-state index in [2.05, 4.69) is 4.90 Å². The van der Waals surface area contributed by atoms with Crippen LogP contribution in [0.1, 0.15) is 24.9 Å². The van der Waals surface area contributed by atoms with Gasteiger partial charge >= 0.3 is 0 Å². The summed E-state index contributed by atoms with van der Waals surface area (Å²) in [6.07, 6.45) is 0.907. The summed E-state index contributed by atoms with van der Waals surface area (Å²) >= 11 is 0. The number of nitrogens with zero attached hydrogens (tertiary/aromatic N) is 1. The molecule has 3 nitrogen and oxygen atoms in total. The molecule has 0 saturated carbocycles. The Kier molecular flexibility index (Phi) is 3.80. The lowest BCUT2D eigenvalue weighted by Crippen LogP contribution is -2.21. The summed E-state index contributed by atoms with van der Waals surface area (Å²) in [4.78, 5) is 2.17. The van der Waals surface area contributed by atoms with Gasteiger partial charge in [0.05, 0.1) is 12.3 Å². The summed E-state index contributed by atoms with van der Waals surface area (Å²) in [6.45, 7) is 3.38. The minimum Gasteiger partial charge on any atom is -0.491 e. The summed E-state index contributed by atoms with van der Waals surface area (Å²) in [5.74, 6) is 0.598. The third-order valence-electron chi connectivity index (χ3n) is 3.71. The van der Waals surface area contributed by atoms with Gasteiger partial charge < -0.3 is 15.4 Å². The SMILES string of the molecule is C[C@@H](N)c1cc(F)ccc1N1CCCOc2ccccc21. The number of halogens is 1. The molecule has 4 heteroatoms. The summed E-state index contributed by atoms with van der Waals surface area (Å²) < 4.78 is 19.3. The third kappa shape index (κ3) is 2.72. The number of fused-ring (bicyclic) bond motifs is 1. The lowest BCUT2D eigenvalue weighted by atomic mass is 10.0. The Balaban J connectivity index is 2.12. The molecule has 0 fully saturated rings. The van der Waals surface area contributed by atoms with Crippen LogP contribution in [0.3, 0.4) is 0 Å². The maximum Gasteiger partial charge on any atom is 0.142 e. The normalized spacial score (nSPS) is 15.9. The predicted octanol–water partition coefficient (Wildman–Crippen LogP) is 3.77. The summed E-state index contributed by atoms with van der Waals surface area (Å²) in [6, 6.07) is 12.5. The Morgan fingerprint density at radius 1 is 1.19 bits per heavy atom. The number of para-hydroxylation sites is 2. The van der Waals surface area contributed by atoms with E-state index < -0.39 is 0 Å². The van der Waals surface area contributed by atoms with Crippen LogP contribution in [0.15, 0.2) is 42.5 Å². The first-order chi connectivity index (χ1) is 10.2. The summed E-state index contributed by atoms with van der Waals surface area (Å²) in [7, 11) is 0. The maximum absolute atomic E-state index is 13.6. The first kappa shape index (κ1) is 13.9. The van der Waals surface area contributed by atoms with Gasteiger partial charge in [0, 0.05) is 18.3 Å². The van der Waals surface area contributed by atoms with Crippen LogP contribution in [-0.2, 0) is 0 Å². The third-order valence-corrected chi connectivity index (χ3v) is 3.71. The first-order valence-electron chi connectivity index (χ1n) is 7.21. The molecule has 1 aliphatic rings. The molecular weight excluding hydrogens is 267 g/mol. The molecule has 1 aliphatic heterocycles. The fourth-order valence-corrected chi connectivity index (χ4v) is 2.71. The second-order valence-electron chi connectivity index (χ2n) is 5.31. The van der Waals surface area contributed by atoms with Crippen molar-refractivity contribution in [3.05, 3.63) is 53.8 Å². The van der Waals surface area contributed by atoms with Crippen molar-refractivity contribution >= 4 is 11.4 Å². The van der Waals surface area contributed by atoms with Crippen molar-refractivity contribution < 1.29 is 9.13 Å². The van der Waals surface area contributed by atoms with Gasteiger partial charge in [-0.1, -0.05) is 12.1 Å². The average Bonchev–Trinajstić information content (AvgIpc) is 2.69. The molecule has 0 aliphatic carbocycles. The highest BCUT2D eigenvalue weighted by Gasteiger charge is 2.21. The van der Waals surface area contributed by atoms with Gasteiger partial charge in [-0.3, -0.25) is 0 Å². The van der Waals surface area contributed by atoms with Gasteiger partial charge in [0.1, 0.15) is 11.6 Å². The average molecular weight is 286 g/mol. The molecule has 0 amide bonds. The van der Waals surface area contributed by atoms with Crippen molar-refractivity contribution in [3.8, 4) is 5.75 Å². The van der Waals surface area contributed by atoms with Gasteiger partial charge in [0.2, 0.25) is 0 Å². The summed E-state index contributed by atoms with van der Waals surface area (Å²) in [5.41, 5.74) is 8.79. The minimum atomic E-state index is -0.259. The van der Waals surface area contributed by atoms with Gasteiger partial charge in [-0.15, -0.1) is 0 Å². The Bertz CT molecular complexity index is 642. The molecule has 0 bridgehead atoms. The van der Waals surface area contributed by atoms with Crippen molar-refractivity contribution in [1.82, 2.24) is 0 Å². The second kappa shape index (κ2) is 5.74. The zero-order valence-electron chi connectivity index (χ0n) is 12.1. The highest BCUT2D eigenvalue weighted by Crippen LogP contribution is 2.38. The monoisotopic (exact) mass is 286 g/mol. The van der Waals surface area contributed by atoms with E-state index in [1.54, 1.807) is 6.07 Å². The molecule has 0 radical (unpaired) electrons. The topological polar surface area (TPSA) is 38.5 Å². The molecule has 3 rings (SSSR count). The molecule has 0 unspecified atom stereocenters. The molecule has 1 atom stereocenters. The number of rotatable bonds is 2. The minimum absolute atomic E-state index is 0.230. The van der Waals surface area contributed by atoms with Crippen molar-refractivity contribution in [2.45, 2.75) is 19.4 Å². The molecule has 0 spiro atoms. The van der Waals surface area contributed by atoms with Crippen LogP contribution in [0, 0.1) is 5.82 Å².